The number of hydrogen-bond donors (Lipinski definition) is 0. The zero-order chi connectivity index (χ0) is 16.4. The van der Waals surface area contributed by atoms with Gasteiger partial charge < -0.3 is 14.5 Å². The molecule has 0 atom stereocenters. The second-order valence-corrected chi connectivity index (χ2v) is 7.65. The number of amides is 1. The van der Waals surface area contributed by atoms with Crippen LogP contribution in [-0.4, -0.2) is 60.2 Å². The number of piperidine rings is 1. The number of nitrogens with zero attached hydrogens (tertiary/aromatic N) is 3. The van der Waals surface area contributed by atoms with Gasteiger partial charge in [-0.25, -0.2) is 9.78 Å². The predicted molar refractivity (Wildman–Crippen MR) is 95.6 cm³/mol. The summed E-state index contributed by atoms with van der Waals surface area (Å²) in [5.74, 6) is 0.604. The van der Waals surface area contributed by atoms with Gasteiger partial charge in [-0.2, -0.15) is 0 Å². The molecule has 0 saturated carbocycles. The summed E-state index contributed by atoms with van der Waals surface area (Å²) in [4.78, 5) is 20.6. The number of cyclic esters (lactones) is 1. The van der Waals surface area contributed by atoms with E-state index in [4.69, 9.17) is 9.72 Å². The maximum Gasteiger partial charge on any atom is 0.409 e. The third kappa shape index (κ3) is 3.39. The molecular formula is C18H23N3O2S. The largest absolute Gasteiger partial charge is 0.448 e. The minimum absolute atomic E-state index is 0.149. The van der Waals surface area contributed by atoms with E-state index in [0.717, 1.165) is 44.7 Å². The molecule has 2 aliphatic heterocycles. The molecule has 4 rings (SSSR count). The Bertz CT molecular complexity index is 676. The van der Waals surface area contributed by atoms with Crippen LogP contribution in [0.4, 0.5) is 4.79 Å². The standard InChI is InChI=1S/C18H23N3O2S/c22-18-21(12-13-23-18)9-3-8-20-10-6-14(7-11-20)17-19-15-4-1-2-5-16(15)24-17/h1-2,4-5,14H,3,6-13H2. The van der Waals surface area contributed by atoms with Gasteiger partial charge in [-0.1, -0.05) is 12.1 Å². The first-order valence-electron chi connectivity index (χ1n) is 8.79. The lowest BCUT2D eigenvalue weighted by molar-refractivity contribution is 0.155. The van der Waals surface area contributed by atoms with Crippen LogP contribution in [0.5, 0.6) is 0 Å². The second-order valence-electron chi connectivity index (χ2n) is 6.59. The number of likely N-dealkylation sites (tertiary alicyclic amines) is 1. The lowest BCUT2D eigenvalue weighted by atomic mass is 9.97. The number of carbonyl (C=O) groups is 1. The van der Waals surface area contributed by atoms with E-state index in [2.05, 4.69) is 29.2 Å². The average Bonchev–Trinajstić information content (AvgIpc) is 3.22. The number of thiazole rings is 1. The van der Waals surface area contributed by atoms with Gasteiger partial charge in [-0.3, -0.25) is 0 Å². The summed E-state index contributed by atoms with van der Waals surface area (Å²) in [7, 11) is 0. The molecule has 1 aromatic carbocycles. The van der Waals surface area contributed by atoms with Gasteiger partial charge in [0.05, 0.1) is 21.8 Å². The van der Waals surface area contributed by atoms with E-state index in [-0.39, 0.29) is 6.09 Å². The molecule has 0 bridgehead atoms. The van der Waals surface area contributed by atoms with Crippen LogP contribution in [-0.2, 0) is 4.74 Å². The topological polar surface area (TPSA) is 45.7 Å². The Morgan fingerprint density at radius 3 is 2.75 bits per heavy atom. The van der Waals surface area contributed by atoms with E-state index in [1.165, 1.54) is 22.5 Å². The molecule has 0 aliphatic carbocycles. The number of aromatic nitrogens is 1. The molecule has 24 heavy (non-hydrogen) atoms. The summed E-state index contributed by atoms with van der Waals surface area (Å²) < 4.78 is 6.26. The van der Waals surface area contributed by atoms with Crippen molar-refractivity contribution in [2.45, 2.75) is 25.2 Å². The molecule has 0 spiro atoms. The van der Waals surface area contributed by atoms with E-state index in [0.29, 0.717) is 12.5 Å². The highest BCUT2D eigenvalue weighted by molar-refractivity contribution is 7.18. The van der Waals surface area contributed by atoms with Crippen molar-refractivity contribution in [2.24, 2.45) is 0 Å². The minimum atomic E-state index is -0.149. The molecule has 0 unspecified atom stereocenters. The Labute approximate surface area is 146 Å². The van der Waals surface area contributed by atoms with E-state index >= 15 is 0 Å². The molecule has 2 aliphatic rings. The Morgan fingerprint density at radius 2 is 2.00 bits per heavy atom. The van der Waals surface area contributed by atoms with Gasteiger partial charge in [0.2, 0.25) is 0 Å². The molecule has 3 heterocycles. The number of rotatable bonds is 5. The number of ether oxygens (including phenoxy) is 1. The van der Waals surface area contributed by atoms with Crippen molar-refractivity contribution in [3.05, 3.63) is 29.3 Å². The summed E-state index contributed by atoms with van der Waals surface area (Å²) >= 11 is 1.85. The molecule has 128 valence electrons. The van der Waals surface area contributed by atoms with Crippen molar-refractivity contribution in [1.29, 1.82) is 0 Å². The Kier molecular flexibility index (Phi) is 4.67. The first kappa shape index (κ1) is 15.8. The lowest BCUT2D eigenvalue weighted by Gasteiger charge is -2.31. The maximum atomic E-state index is 11.4. The predicted octanol–water partition coefficient (Wildman–Crippen LogP) is 3.32. The van der Waals surface area contributed by atoms with Crippen molar-refractivity contribution >= 4 is 27.6 Å². The van der Waals surface area contributed by atoms with Crippen LogP contribution in [0.3, 0.4) is 0 Å². The Morgan fingerprint density at radius 1 is 1.17 bits per heavy atom. The average molecular weight is 345 g/mol. The van der Waals surface area contributed by atoms with Crippen molar-refractivity contribution in [1.82, 2.24) is 14.8 Å². The van der Waals surface area contributed by atoms with Crippen LogP contribution in [0.1, 0.15) is 30.2 Å². The lowest BCUT2D eigenvalue weighted by Crippen LogP contribution is -2.35. The third-order valence-corrected chi connectivity index (χ3v) is 6.19. The summed E-state index contributed by atoms with van der Waals surface area (Å²) in [5.41, 5.74) is 1.14. The normalized spacial score (nSPS) is 20.0. The molecular weight excluding hydrogens is 322 g/mol. The first-order valence-corrected chi connectivity index (χ1v) is 9.61. The molecule has 6 heteroatoms. The van der Waals surface area contributed by atoms with Gasteiger partial charge >= 0.3 is 6.09 Å². The van der Waals surface area contributed by atoms with Gasteiger partial charge in [0.15, 0.2) is 0 Å². The quantitative estimate of drug-likeness (QED) is 0.834. The number of fused-ring (bicyclic) bond motifs is 1. The molecule has 0 N–H and O–H groups in total. The molecule has 5 nitrogen and oxygen atoms in total. The summed E-state index contributed by atoms with van der Waals surface area (Å²) in [6.07, 6.45) is 3.25. The van der Waals surface area contributed by atoms with Crippen LogP contribution in [0.15, 0.2) is 24.3 Å². The first-order chi connectivity index (χ1) is 11.8. The van der Waals surface area contributed by atoms with Crippen LogP contribution < -0.4 is 0 Å². The number of hydrogen-bond acceptors (Lipinski definition) is 5. The highest BCUT2D eigenvalue weighted by Gasteiger charge is 2.24. The Balaban J connectivity index is 1.25. The van der Waals surface area contributed by atoms with Gasteiger partial charge in [-0.15, -0.1) is 11.3 Å². The van der Waals surface area contributed by atoms with E-state index < -0.39 is 0 Å². The fraction of sp³-hybridized carbons (Fsp3) is 0.556. The van der Waals surface area contributed by atoms with Gasteiger partial charge in [0, 0.05) is 12.5 Å². The number of carbonyl (C=O) groups excluding carboxylic acids is 1. The van der Waals surface area contributed by atoms with Crippen molar-refractivity contribution in [2.75, 3.05) is 39.3 Å². The highest BCUT2D eigenvalue weighted by Crippen LogP contribution is 2.33. The van der Waals surface area contributed by atoms with E-state index in [9.17, 15) is 4.79 Å². The van der Waals surface area contributed by atoms with Gasteiger partial charge in [-0.05, 0) is 51.0 Å². The molecule has 1 amide bonds. The maximum absolute atomic E-state index is 11.4. The van der Waals surface area contributed by atoms with Crippen molar-refractivity contribution in [3.8, 4) is 0 Å². The van der Waals surface area contributed by atoms with Gasteiger partial charge in [0.25, 0.3) is 0 Å². The summed E-state index contributed by atoms with van der Waals surface area (Å²) in [6.45, 7) is 5.44. The van der Waals surface area contributed by atoms with Gasteiger partial charge in [0.1, 0.15) is 6.61 Å². The molecule has 2 fully saturated rings. The van der Waals surface area contributed by atoms with Crippen LogP contribution in [0.25, 0.3) is 10.2 Å². The van der Waals surface area contributed by atoms with Crippen LogP contribution in [0.2, 0.25) is 0 Å². The monoisotopic (exact) mass is 345 g/mol. The minimum Gasteiger partial charge on any atom is -0.448 e. The fourth-order valence-electron chi connectivity index (χ4n) is 3.58. The van der Waals surface area contributed by atoms with Crippen LogP contribution >= 0.6 is 11.3 Å². The Hall–Kier alpha value is -1.66. The SMILES string of the molecule is O=C1OCCN1CCCN1CCC(c2nc3ccccc3s2)CC1. The third-order valence-electron chi connectivity index (χ3n) is 4.99. The highest BCUT2D eigenvalue weighted by atomic mass is 32.1. The van der Waals surface area contributed by atoms with E-state index in [1.807, 2.05) is 16.2 Å². The van der Waals surface area contributed by atoms with Crippen LogP contribution in [0, 0.1) is 0 Å². The second kappa shape index (κ2) is 7.07. The number of benzene rings is 1. The fourth-order valence-corrected chi connectivity index (χ4v) is 4.72. The van der Waals surface area contributed by atoms with E-state index in [1.54, 1.807) is 0 Å². The summed E-state index contributed by atoms with van der Waals surface area (Å²) in [6, 6.07) is 8.41. The zero-order valence-corrected chi connectivity index (χ0v) is 14.6. The summed E-state index contributed by atoms with van der Waals surface area (Å²) in [5, 5.41) is 1.30. The molecule has 2 aromatic rings. The van der Waals surface area contributed by atoms with Crippen molar-refractivity contribution in [3.63, 3.8) is 0 Å². The smallest absolute Gasteiger partial charge is 0.409 e. The number of para-hydroxylation sites is 1. The molecule has 1 aromatic heterocycles. The van der Waals surface area contributed by atoms with Crippen molar-refractivity contribution < 1.29 is 9.53 Å². The zero-order valence-electron chi connectivity index (χ0n) is 13.8. The molecule has 0 radical (unpaired) electrons. The molecule has 2 saturated heterocycles.